The van der Waals surface area contributed by atoms with E-state index in [-0.39, 0.29) is 12.0 Å². The Morgan fingerprint density at radius 1 is 1.05 bits per heavy atom. The second-order valence-corrected chi connectivity index (χ2v) is 4.88. The van der Waals surface area contributed by atoms with Crippen LogP contribution in [0.15, 0.2) is 37.0 Å². The molecule has 0 rings (SSSR count). The van der Waals surface area contributed by atoms with Crippen molar-refractivity contribution in [2.45, 2.75) is 51.4 Å². The third kappa shape index (κ3) is 12.9. The first kappa shape index (κ1) is 19.2. The average Bonchev–Trinajstić information content (AvgIpc) is 2.43. The normalized spacial score (nSPS) is 10.5. The van der Waals surface area contributed by atoms with Crippen molar-refractivity contribution >= 4 is 11.9 Å². The van der Waals surface area contributed by atoms with Gasteiger partial charge in [0.05, 0.1) is 13.0 Å². The molecule has 21 heavy (non-hydrogen) atoms. The quantitative estimate of drug-likeness (QED) is 0.241. The highest BCUT2D eigenvalue weighted by atomic mass is 16.5. The Bertz CT molecular complexity index is 369. The highest BCUT2D eigenvalue weighted by Gasteiger charge is 2.11. The van der Waals surface area contributed by atoms with Crippen LogP contribution in [0.4, 0.5) is 0 Å². The number of aliphatic carboxylic acids is 1. The average molecular weight is 294 g/mol. The van der Waals surface area contributed by atoms with E-state index in [2.05, 4.69) is 19.2 Å². The van der Waals surface area contributed by atoms with E-state index < -0.39 is 11.9 Å². The van der Waals surface area contributed by atoms with E-state index in [0.29, 0.717) is 6.61 Å². The molecule has 0 heterocycles. The smallest absolute Gasteiger partial charge is 0.333 e. The third-order valence-corrected chi connectivity index (χ3v) is 2.92. The molecule has 0 radical (unpaired) electrons. The Balaban J connectivity index is 3.38. The van der Waals surface area contributed by atoms with Gasteiger partial charge in [-0.05, 0) is 19.3 Å². The number of carbonyl (C=O) groups excluding carboxylic acids is 1. The predicted molar refractivity (Wildman–Crippen MR) is 84.0 cm³/mol. The van der Waals surface area contributed by atoms with Gasteiger partial charge >= 0.3 is 11.9 Å². The number of carbonyl (C=O) groups is 2. The Morgan fingerprint density at radius 2 is 1.67 bits per heavy atom. The lowest BCUT2D eigenvalue weighted by atomic mass is 10.1. The molecule has 0 atom stereocenters. The number of unbranched alkanes of at least 4 members (excludes halogenated alkanes) is 6. The van der Waals surface area contributed by atoms with E-state index in [1.165, 1.54) is 19.3 Å². The molecule has 0 unspecified atom stereocenters. The molecule has 0 aromatic carbocycles. The molecule has 1 N–H and O–H groups in total. The van der Waals surface area contributed by atoms with Crippen molar-refractivity contribution in [3.63, 3.8) is 0 Å². The fourth-order valence-electron chi connectivity index (χ4n) is 1.79. The second kappa shape index (κ2) is 13.2. The van der Waals surface area contributed by atoms with Gasteiger partial charge in [0.25, 0.3) is 0 Å². The number of carboxylic acid groups (broad SMARTS) is 1. The minimum Gasteiger partial charge on any atom is -0.481 e. The number of ether oxygens (including phenoxy) is 1. The van der Waals surface area contributed by atoms with Gasteiger partial charge in [-0.25, -0.2) is 4.79 Å². The maximum Gasteiger partial charge on any atom is 0.333 e. The van der Waals surface area contributed by atoms with Crippen LogP contribution < -0.4 is 0 Å². The van der Waals surface area contributed by atoms with Gasteiger partial charge in [-0.2, -0.15) is 0 Å². The van der Waals surface area contributed by atoms with Crippen molar-refractivity contribution in [1.82, 2.24) is 0 Å². The summed E-state index contributed by atoms with van der Waals surface area (Å²) in [6, 6.07) is 0. The first-order valence-electron chi connectivity index (χ1n) is 7.42. The number of hydrogen-bond donors (Lipinski definition) is 1. The number of allylic oxidation sites excluding steroid dienone is 3. The summed E-state index contributed by atoms with van der Waals surface area (Å²) in [7, 11) is 0. The molecule has 0 spiro atoms. The standard InChI is InChI=1S/C17H26O4/c1-3-4-5-6-7-8-9-10-11-12-13-21-17(20)15(2)14-16(18)19/h3-5H,1-2,6-14H2,(H,18,19). The molecule has 0 aliphatic heterocycles. The predicted octanol–water partition coefficient (Wildman–Crippen LogP) is 4.03. The minimum atomic E-state index is -1.07. The van der Waals surface area contributed by atoms with E-state index in [9.17, 15) is 9.59 Å². The zero-order chi connectivity index (χ0) is 15.9. The summed E-state index contributed by atoms with van der Waals surface area (Å²) in [5.74, 6) is -1.67. The van der Waals surface area contributed by atoms with E-state index in [0.717, 1.165) is 25.7 Å². The van der Waals surface area contributed by atoms with Crippen LogP contribution in [0.5, 0.6) is 0 Å². The molecule has 0 aliphatic rings. The maximum absolute atomic E-state index is 11.3. The van der Waals surface area contributed by atoms with Crippen molar-refractivity contribution in [2.24, 2.45) is 0 Å². The van der Waals surface area contributed by atoms with Crippen molar-refractivity contribution in [3.8, 4) is 0 Å². The largest absolute Gasteiger partial charge is 0.481 e. The van der Waals surface area contributed by atoms with Crippen LogP contribution in [-0.2, 0) is 14.3 Å². The zero-order valence-corrected chi connectivity index (χ0v) is 12.7. The fraction of sp³-hybridized carbons (Fsp3) is 0.529. The third-order valence-electron chi connectivity index (χ3n) is 2.92. The molecule has 0 amide bonds. The number of esters is 1. The van der Waals surface area contributed by atoms with Crippen LogP contribution in [0.25, 0.3) is 0 Å². The topological polar surface area (TPSA) is 63.6 Å². The molecule has 118 valence electrons. The molecule has 0 saturated carbocycles. The van der Waals surface area contributed by atoms with Crippen LogP contribution in [0.3, 0.4) is 0 Å². The van der Waals surface area contributed by atoms with Crippen molar-refractivity contribution in [1.29, 1.82) is 0 Å². The second-order valence-electron chi connectivity index (χ2n) is 4.88. The SMILES string of the molecule is C=CC=CCCCCCCCCOC(=O)C(=C)CC(=O)O. The molecule has 0 aromatic rings. The molecule has 0 fully saturated rings. The Morgan fingerprint density at radius 3 is 2.29 bits per heavy atom. The molecule has 0 bridgehead atoms. The lowest BCUT2D eigenvalue weighted by Crippen LogP contribution is -2.11. The molecule has 4 heteroatoms. The van der Waals surface area contributed by atoms with Gasteiger partial charge in [0.1, 0.15) is 0 Å². The van der Waals surface area contributed by atoms with Crippen LogP contribution in [0, 0.1) is 0 Å². The summed E-state index contributed by atoms with van der Waals surface area (Å²) < 4.78 is 4.96. The van der Waals surface area contributed by atoms with Crippen LogP contribution in [0.2, 0.25) is 0 Å². The summed E-state index contributed by atoms with van der Waals surface area (Å²) in [4.78, 5) is 21.7. The number of rotatable bonds is 13. The van der Waals surface area contributed by atoms with Gasteiger partial charge < -0.3 is 9.84 Å². The highest BCUT2D eigenvalue weighted by Crippen LogP contribution is 2.08. The molecule has 0 aromatic heterocycles. The van der Waals surface area contributed by atoms with Gasteiger partial charge in [0.15, 0.2) is 0 Å². The maximum atomic E-state index is 11.3. The lowest BCUT2D eigenvalue weighted by molar-refractivity contribution is -0.142. The first-order chi connectivity index (χ1) is 10.1. The number of carboxylic acids is 1. The van der Waals surface area contributed by atoms with Crippen LogP contribution in [0.1, 0.15) is 51.4 Å². The summed E-state index contributed by atoms with van der Waals surface area (Å²) in [6.45, 7) is 7.35. The highest BCUT2D eigenvalue weighted by molar-refractivity contribution is 5.92. The van der Waals surface area contributed by atoms with Gasteiger partial charge in [-0.3, -0.25) is 4.79 Å². The molecule has 4 nitrogen and oxygen atoms in total. The summed E-state index contributed by atoms with van der Waals surface area (Å²) in [5, 5.41) is 8.52. The van der Waals surface area contributed by atoms with Gasteiger partial charge in [-0.15, -0.1) is 0 Å². The van der Waals surface area contributed by atoms with E-state index in [4.69, 9.17) is 9.84 Å². The van der Waals surface area contributed by atoms with Crippen molar-refractivity contribution < 1.29 is 19.4 Å². The van der Waals surface area contributed by atoms with Crippen LogP contribution >= 0.6 is 0 Å². The van der Waals surface area contributed by atoms with Crippen LogP contribution in [-0.4, -0.2) is 23.7 Å². The Labute approximate surface area is 127 Å². The molecular weight excluding hydrogens is 268 g/mol. The van der Waals surface area contributed by atoms with E-state index in [1.807, 2.05) is 6.08 Å². The fourth-order valence-corrected chi connectivity index (χ4v) is 1.79. The molecule has 0 aliphatic carbocycles. The Kier molecular flexibility index (Phi) is 12.0. The summed E-state index contributed by atoms with van der Waals surface area (Å²) >= 11 is 0. The van der Waals surface area contributed by atoms with Gasteiger partial charge in [-0.1, -0.05) is 57.1 Å². The van der Waals surface area contributed by atoms with Crippen molar-refractivity contribution in [2.75, 3.05) is 6.61 Å². The van der Waals surface area contributed by atoms with E-state index >= 15 is 0 Å². The summed E-state index contributed by atoms with van der Waals surface area (Å²) in [5.41, 5.74) is -0.00456. The lowest BCUT2D eigenvalue weighted by Gasteiger charge is -2.05. The van der Waals surface area contributed by atoms with Gasteiger partial charge in [0.2, 0.25) is 0 Å². The first-order valence-corrected chi connectivity index (χ1v) is 7.42. The minimum absolute atomic E-state index is 0.00456. The van der Waals surface area contributed by atoms with Crippen molar-refractivity contribution in [3.05, 3.63) is 37.0 Å². The zero-order valence-electron chi connectivity index (χ0n) is 12.7. The van der Waals surface area contributed by atoms with E-state index in [1.54, 1.807) is 6.08 Å². The monoisotopic (exact) mass is 294 g/mol. The number of hydrogen-bond acceptors (Lipinski definition) is 3. The Hall–Kier alpha value is -1.84. The molecular formula is C17H26O4. The summed E-state index contributed by atoms with van der Waals surface area (Å²) in [6.07, 6.45) is 13.1. The molecule has 0 saturated heterocycles. The van der Waals surface area contributed by atoms with Gasteiger partial charge in [0, 0.05) is 5.57 Å².